The van der Waals surface area contributed by atoms with E-state index in [0.717, 1.165) is 19.5 Å². The number of nitrogens with one attached hydrogen (secondary N) is 1. The molecule has 3 heterocycles. The first-order chi connectivity index (χ1) is 12.2. The Labute approximate surface area is 158 Å². The van der Waals surface area contributed by atoms with Gasteiger partial charge in [0.25, 0.3) is 5.91 Å². The fourth-order valence-electron chi connectivity index (χ4n) is 3.57. The molecule has 140 valence electrons. The van der Waals surface area contributed by atoms with Gasteiger partial charge in [0.2, 0.25) is 0 Å². The van der Waals surface area contributed by atoms with E-state index in [4.69, 9.17) is 20.8 Å². The van der Waals surface area contributed by atoms with Crippen molar-refractivity contribution in [3.05, 3.63) is 41.2 Å². The third-order valence-electron chi connectivity index (χ3n) is 4.87. The number of benzene rings is 1. The van der Waals surface area contributed by atoms with Crippen LogP contribution in [-0.4, -0.2) is 41.5 Å². The molecule has 1 aromatic heterocycles. The van der Waals surface area contributed by atoms with Crippen molar-refractivity contribution >= 4 is 23.2 Å². The summed E-state index contributed by atoms with van der Waals surface area (Å²) in [6.07, 6.45) is 4.97. The first kappa shape index (κ1) is 18.7. The summed E-state index contributed by atoms with van der Waals surface area (Å²) >= 11 is 5.84. The molecule has 0 saturated carbocycles. The summed E-state index contributed by atoms with van der Waals surface area (Å²) in [7, 11) is 0. The minimum atomic E-state index is -0.339. The van der Waals surface area contributed by atoms with E-state index in [2.05, 4.69) is 15.2 Å². The second kappa shape index (κ2) is 8.10. The first-order valence-corrected chi connectivity index (χ1v) is 8.96. The molecule has 2 fully saturated rings. The second-order valence-electron chi connectivity index (χ2n) is 6.61. The average Bonchev–Trinajstić information content (AvgIpc) is 3.09. The van der Waals surface area contributed by atoms with Gasteiger partial charge in [-0.25, -0.2) is 0 Å². The number of piperidine rings is 2. The van der Waals surface area contributed by atoms with Crippen LogP contribution in [0.1, 0.15) is 37.2 Å². The van der Waals surface area contributed by atoms with Crippen LogP contribution in [0.15, 0.2) is 34.9 Å². The van der Waals surface area contributed by atoms with Crippen LogP contribution in [0, 0.1) is 5.92 Å². The first-order valence-electron chi connectivity index (χ1n) is 8.59. The Balaban J connectivity index is 0.00000196. The molecule has 6 nitrogen and oxygen atoms in total. The van der Waals surface area contributed by atoms with E-state index in [1.54, 1.807) is 24.3 Å². The van der Waals surface area contributed by atoms with Crippen LogP contribution in [0.3, 0.4) is 0 Å². The number of oxazole rings is 1. The summed E-state index contributed by atoms with van der Waals surface area (Å²) in [5.74, 6) is 0.175. The molecule has 3 atom stereocenters. The molecule has 0 radical (unpaired) electrons. The minimum absolute atomic E-state index is 0. The summed E-state index contributed by atoms with van der Waals surface area (Å²) in [4.78, 5) is 18.9. The van der Waals surface area contributed by atoms with Gasteiger partial charge in [-0.1, -0.05) is 19.0 Å². The van der Waals surface area contributed by atoms with Gasteiger partial charge in [0.15, 0.2) is 5.69 Å². The molecule has 2 bridgehead atoms. The van der Waals surface area contributed by atoms with Crippen LogP contribution < -0.4 is 10.1 Å². The third-order valence-corrected chi connectivity index (χ3v) is 5.12. The molecule has 4 rings (SSSR count). The highest BCUT2D eigenvalue weighted by atomic mass is 35.5. The summed E-state index contributed by atoms with van der Waals surface area (Å²) in [5, 5.41) is 3.37. The number of hydrogen-bond donors (Lipinski definition) is 1. The summed E-state index contributed by atoms with van der Waals surface area (Å²) in [6, 6.07) is 6.89. The number of hydrogen-bond acceptors (Lipinski definition) is 5. The Kier molecular flexibility index (Phi) is 5.84. The Hall–Kier alpha value is -2.05. The zero-order chi connectivity index (χ0) is 17.2. The molecule has 0 aliphatic carbocycles. The predicted octanol–water partition coefficient (Wildman–Crippen LogP) is 4.08. The maximum Gasteiger partial charge on any atom is 0.394 e. The summed E-state index contributed by atoms with van der Waals surface area (Å²) in [6.45, 7) is 3.32. The van der Waals surface area contributed by atoms with E-state index in [1.807, 2.05) is 0 Å². The van der Waals surface area contributed by atoms with Crippen LogP contribution in [-0.2, 0) is 0 Å². The molecule has 2 saturated heterocycles. The van der Waals surface area contributed by atoms with Gasteiger partial charge in [-0.05, 0) is 50.1 Å². The number of nitrogens with zero attached hydrogens (tertiary/aromatic N) is 2. The molecule has 2 aliphatic heterocycles. The number of amides is 1. The summed E-state index contributed by atoms with van der Waals surface area (Å²) < 4.78 is 11.3. The number of carbonyl (C=O) groups excluding carboxylic acids is 1. The molecule has 1 aromatic carbocycles. The van der Waals surface area contributed by atoms with Gasteiger partial charge in [0, 0.05) is 29.7 Å². The number of carbonyl (C=O) groups is 1. The lowest BCUT2D eigenvalue weighted by atomic mass is 9.87. The van der Waals surface area contributed by atoms with Crippen LogP contribution in [0.25, 0.3) is 0 Å². The molecular weight excluding hydrogens is 354 g/mol. The van der Waals surface area contributed by atoms with E-state index in [-0.39, 0.29) is 31.2 Å². The zero-order valence-electron chi connectivity index (χ0n) is 13.8. The maximum atomic E-state index is 12.2. The van der Waals surface area contributed by atoms with Gasteiger partial charge in [-0.3, -0.25) is 4.79 Å². The van der Waals surface area contributed by atoms with E-state index in [1.165, 1.54) is 25.6 Å². The Morgan fingerprint density at radius 2 is 2.08 bits per heavy atom. The molecule has 2 unspecified atom stereocenters. The zero-order valence-corrected chi connectivity index (χ0v) is 14.5. The Bertz CT molecular complexity index is 747. The second-order valence-corrected chi connectivity index (χ2v) is 7.04. The van der Waals surface area contributed by atoms with Crippen molar-refractivity contribution in [1.29, 1.82) is 0 Å². The van der Waals surface area contributed by atoms with Crippen LogP contribution in [0.4, 0.5) is 5.69 Å². The molecule has 2 aliphatic rings. The fraction of sp³-hybridized carbons (Fsp3) is 0.474. The van der Waals surface area contributed by atoms with Crippen molar-refractivity contribution in [2.24, 2.45) is 5.92 Å². The van der Waals surface area contributed by atoms with E-state index < -0.39 is 0 Å². The van der Waals surface area contributed by atoms with Crippen LogP contribution in [0.5, 0.6) is 6.08 Å². The number of rotatable bonds is 4. The maximum absolute atomic E-state index is 12.2. The van der Waals surface area contributed by atoms with Gasteiger partial charge < -0.3 is 19.4 Å². The third kappa shape index (κ3) is 4.19. The quantitative estimate of drug-likeness (QED) is 0.869. The molecule has 26 heavy (non-hydrogen) atoms. The van der Waals surface area contributed by atoms with Gasteiger partial charge in [-0.15, -0.1) is 0 Å². The van der Waals surface area contributed by atoms with Gasteiger partial charge in [0.1, 0.15) is 12.4 Å². The van der Waals surface area contributed by atoms with Gasteiger partial charge in [-0.2, -0.15) is 4.98 Å². The smallest absolute Gasteiger partial charge is 0.394 e. The predicted molar refractivity (Wildman–Crippen MR) is 101 cm³/mol. The van der Waals surface area contributed by atoms with Crippen LogP contribution in [0.2, 0.25) is 5.02 Å². The number of ether oxygens (including phenoxy) is 1. The number of aromatic nitrogens is 1. The lowest BCUT2D eigenvalue weighted by molar-refractivity contribution is 0.000257. The van der Waals surface area contributed by atoms with E-state index in [0.29, 0.717) is 16.6 Å². The standard InChI is InChI=1S/C18H20ClN3O3.CH4/c19-13-3-5-14(6-4-13)20-17(23)15-11-24-18(21-15)25-16-7-9-22-8-1-2-12(16)10-22;/h3-6,11-12,16H,1-2,7-10H2,(H,20,23);1H4/t12?,16-;/m0./s1. The van der Waals surface area contributed by atoms with E-state index >= 15 is 0 Å². The average molecular weight is 378 g/mol. The van der Waals surface area contributed by atoms with Crippen molar-refractivity contribution < 1.29 is 13.9 Å². The normalized spacial score (nSPS) is 24.4. The molecule has 7 heteroatoms. The highest BCUT2D eigenvalue weighted by Crippen LogP contribution is 2.29. The number of fused-ring (bicyclic) bond motifs is 2. The SMILES string of the molecule is C.O=C(Nc1ccc(Cl)cc1)c1coc(O[C@H]2CCN3CCCC2C3)n1. The topological polar surface area (TPSA) is 67.6 Å². The Morgan fingerprint density at radius 1 is 1.27 bits per heavy atom. The molecule has 0 spiro atoms. The van der Waals surface area contributed by atoms with Crippen molar-refractivity contribution in [2.45, 2.75) is 32.8 Å². The number of anilines is 1. The van der Waals surface area contributed by atoms with Gasteiger partial charge in [0.05, 0.1) is 0 Å². The van der Waals surface area contributed by atoms with Crippen molar-refractivity contribution in [3.8, 4) is 6.08 Å². The highest BCUT2D eigenvalue weighted by molar-refractivity contribution is 6.30. The fourth-order valence-corrected chi connectivity index (χ4v) is 3.70. The van der Waals surface area contributed by atoms with Crippen molar-refractivity contribution in [1.82, 2.24) is 9.88 Å². The highest BCUT2D eigenvalue weighted by Gasteiger charge is 2.34. The monoisotopic (exact) mass is 377 g/mol. The largest absolute Gasteiger partial charge is 0.446 e. The van der Waals surface area contributed by atoms with Gasteiger partial charge >= 0.3 is 6.08 Å². The van der Waals surface area contributed by atoms with Crippen molar-refractivity contribution in [2.75, 3.05) is 25.0 Å². The molecule has 1 amide bonds. The Morgan fingerprint density at radius 3 is 2.88 bits per heavy atom. The van der Waals surface area contributed by atoms with Crippen LogP contribution >= 0.6 is 11.6 Å². The minimum Gasteiger partial charge on any atom is -0.446 e. The molecule has 1 N–H and O–H groups in total. The van der Waals surface area contributed by atoms with Crippen molar-refractivity contribution in [3.63, 3.8) is 0 Å². The van der Waals surface area contributed by atoms with E-state index in [9.17, 15) is 4.79 Å². The lowest BCUT2D eigenvalue weighted by Gasteiger charge is -2.41. The molecule has 2 aromatic rings. The lowest BCUT2D eigenvalue weighted by Crippen LogP contribution is -2.48. The number of halogens is 1. The molecular formula is C19H24ClN3O3. The summed E-state index contributed by atoms with van der Waals surface area (Å²) in [5.41, 5.74) is 0.848.